The predicted octanol–water partition coefficient (Wildman–Crippen LogP) is 2.89. The molecule has 4 N–H and O–H groups in total. The highest BCUT2D eigenvalue weighted by Crippen LogP contribution is 2.19. The van der Waals surface area contributed by atoms with Gasteiger partial charge in [-0.3, -0.25) is 10.8 Å². The lowest BCUT2D eigenvalue weighted by Gasteiger charge is -2.09. The van der Waals surface area contributed by atoms with Crippen LogP contribution in [-0.2, 0) is 6.61 Å². The zero-order chi connectivity index (χ0) is 18.1. The molecule has 7 heteroatoms. The first-order valence-corrected chi connectivity index (χ1v) is 7.65. The SMILES string of the molecule is CCOc1ccc(OCc2cccc(N/N=C(\C#N)C(=N)N)c2)cc1. The van der Waals surface area contributed by atoms with Gasteiger partial charge in [-0.25, -0.2) is 0 Å². The number of anilines is 1. The Morgan fingerprint density at radius 1 is 1.20 bits per heavy atom. The highest BCUT2D eigenvalue weighted by atomic mass is 16.5. The van der Waals surface area contributed by atoms with Gasteiger partial charge in [-0.15, -0.1) is 0 Å². The number of nitriles is 1. The quantitative estimate of drug-likeness (QED) is 0.389. The van der Waals surface area contributed by atoms with E-state index in [-0.39, 0.29) is 11.5 Å². The number of nitrogens with zero attached hydrogens (tertiary/aromatic N) is 2. The Bertz CT molecular complexity index is 794. The monoisotopic (exact) mass is 337 g/mol. The van der Waals surface area contributed by atoms with Crippen LogP contribution in [0.2, 0.25) is 0 Å². The van der Waals surface area contributed by atoms with Gasteiger partial charge in [0, 0.05) is 0 Å². The molecule has 0 aliphatic rings. The van der Waals surface area contributed by atoms with Crippen LogP contribution >= 0.6 is 0 Å². The number of hydrazone groups is 1. The maximum absolute atomic E-state index is 8.82. The van der Waals surface area contributed by atoms with E-state index in [2.05, 4.69) is 10.5 Å². The summed E-state index contributed by atoms with van der Waals surface area (Å²) in [7, 11) is 0. The van der Waals surface area contributed by atoms with E-state index in [0.29, 0.717) is 18.9 Å². The van der Waals surface area contributed by atoms with Gasteiger partial charge >= 0.3 is 0 Å². The summed E-state index contributed by atoms with van der Waals surface area (Å²) in [6.07, 6.45) is 0. The van der Waals surface area contributed by atoms with Crippen LogP contribution in [0.25, 0.3) is 0 Å². The number of nitrogens with two attached hydrogens (primary N) is 1. The summed E-state index contributed by atoms with van der Waals surface area (Å²) in [5.41, 5.74) is 9.38. The zero-order valence-electron chi connectivity index (χ0n) is 13.8. The largest absolute Gasteiger partial charge is 0.494 e. The molecule has 0 aliphatic heterocycles. The lowest BCUT2D eigenvalue weighted by Crippen LogP contribution is -2.21. The minimum absolute atomic E-state index is 0.170. The molecule has 0 aromatic heterocycles. The molecule has 25 heavy (non-hydrogen) atoms. The van der Waals surface area contributed by atoms with Crippen molar-refractivity contribution in [2.75, 3.05) is 12.0 Å². The fourth-order valence-electron chi connectivity index (χ4n) is 1.96. The highest BCUT2D eigenvalue weighted by molar-refractivity contribution is 6.45. The second kappa shape index (κ2) is 8.93. The normalized spacial score (nSPS) is 10.6. The van der Waals surface area contributed by atoms with Crippen molar-refractivity contribution in [2.24, 2.45) is 10.8 Å². The summed E-state index contributed by atoms with van der Waals surface area (Å²) in [5, 5.41) is 19.8. The summed E-state index contributed by atoms with van der Waals surface area (Å²) in [6.45, 7) is 2.94. The first-order chi connectivity index (χ1) is 12.1. The first-order valence-electron chi connectivity index (χ1n) is 7.65. The van der Waals surface area contributed by atoms with Crippen LogP contribution < -0.4 is 20.6 Å². The molecule has 0 radical (unpaired) electrons. The van der Waals surface area contributed by atoms with Gasteiger partial charge in [0.25, 0.3) is 0 Å². The standard InChI is InChI=1S/C18H19N5O2/c1-2-24-15-6-8-16(9-7-15)25-12-13-4-3-5-14(10-13)22-23-17(11-19)18(20)21/h3-10,22H,2,12H2,1H3,(H3,20,21)/b23-17+. The van der Waals surface area contributed by atoms with E-state index in [1.165, 1.54) is 0 Å². The molecule has 2 aromatic rings. The Kier molecular flexibility index (Phi) is 6.37. The Morgan fingerprint density at radius 2 is 1.88 bits per heavy atom. The number of ether oxygens (including phenoxy) is 2. The van der Waals surface area contributed by atoms with Gasteiger partial charge in [-0.1, -0.05) is 12.1 Å². The molecule has 0 bridgehead atoms. The van der Waals surface area contributed by atoms with Gasteiger partial charge in [-0.2, -0.15) is 10.4 Å². The number of nitrogens with one attached hydrogen (secondary N) is 2. The second-order valence-electron chi connectivity index (χ2n) is 4.99. The van der Waals surface area contributed by atoms with Gasteiger partial charge in [0.15, 0.2) is 5.84 Å². The van der Waals surface area contributed by atoms with Crippen LogP contribution in [0.5, 0.6) is 11.5 Å². The van der Waals surface area contributed by atoms with Crippen LogP contribution in [0, 0.1) is 16.7 Å². The number of hydrogen-bond donors (Lipinski definition) is 3. The Morgan fingerprint density at radius 3 is 2.48 bits per heavy atom. The van der Waals surface area contributed by atoms with Crippen LogP contribution in [-0.4, -0.2) is 18.2 Å². The Hall–Kier alpha value is -3.53. The summed E-state index contributed by atoms with van der Waals surface area (Å²) in [5.74, 6) is 1.16. The molecular weight excluding hydrogens is 318 g/mol. The molecule has 0 heterocycles. The molecular formula is C18H19N5O2. The molecule has 128 valence electrons. The van der Waals surface area contributed by atoms with E-state index in [1.807, 2.05) is 49.4 Å². The molecule has 0 aliphatic carbocycles. The number of amidine groups is 1. The average Bonchev–Trinajstić information content (AvgIpc) is 2.62. The van der Waals surface area contributed by atoms with Crippen molar-refractivity contribution in [2.45, 2.75) is 13.5 Å². The molecule has 0 fully saturated rings. The molecule has 0 saturated heterocycles. The third-order valence-corrected chi connectivity index (χ3v) is 3.13. The lowest BCUT2D eigenvalue weighted by atomic mass is 10.2. The van der Waals surface area contributed by atoms with Crippen molar-refractivity contribution in [3.63, 3.8) is 0 Å². The Labute approximate surface area is 146 Å². The molecule has 0 saturated carbocycles. The summed E-state index contributed by atoms with van der Waals surface area (Å²) in [6, 6.07) is 16.6. The third kappa shape index (κ3) is 5.55. The van der Waals surface area contributed by atoms with E-state index in [9.17, 15) is 0 Å². The topological polar surface area (TPSA) is 117 Å². The van der Waals surface area contributed by atoms with E-state index < -0.39 is 0 Å². The molecule has 2 aromatic carbocycles. The van der Waals surface area contributed by atoms with E-state index in [4.69, 9.17) is 25.9 Å². The van der Waals surface area contributed by atoms with Crippen molar-refractivity contribution in [1.82, 2.24) is 0 Å². The summed E-state index contributed by atoms with van der Waals surface area (Å²) < 4.78 is 11.1. The molecule has 0 atom stereocenters. The van der Waals surface area contributed by atoms with E-state index in [0.717, 1.165) is 17.1 Å². The fourth-order valence-corrected chi connectivity index (χ4v) is 1.96. The van der Waals surface area contributed by atoms with Gasteiger partial charge < -0.3 is 15.2 Å². The molecule has 0 spiro atoms. The lowest BCUT2D eigenvalue weighted by molar-refractivity contribution is 0.304. The average molecular weight is 337 g/mol. The summed E-state index contributed by atoms with van der Waals surface area (Å²) >= 11 is 0. The van der Waals surface area contributed by atoms with E-state index >= 15 is 0 Å². The maximum atomic E-state index is 8.82. The van der Waals surface area contributed by atoms with Crippen molar-refractivity contribution in [1.29, 1.82) is 10.7 Å². The van der Waals surface area contributed by atoms with E-state index in [1.54, 1.807) is 12.1 Å². The van der Waals surface area contributed by atoms with Crippen molar-refractivity contribution < 1.29 is 9.47 Å². The van der Waals surface area contributed by atoms with Crippen molar-refractivity contribution >= 4 is 17.2 Å². The molecule has 7 nitrogen and oxygen atoms in total. The highest BCUT2D eigenvalue weighted by Gasteiger charge is 2.02. The van der Waals surface area contributed by atoms with Crippen LogP contribution in [0.15, 0.2) is 53.6 Å². The second-order valence-corrected chi connectivity index (χ2v) is 4.99. The van der Waals surface area contributed by atoms with Crippen molar-refractivity contribution in [3.8, 4) is 17.6 Å². The first kappa shape index (κ1) is 17.8. The number of hydrogen-bond acceptors (Lipinski definition) is 6. The van der Waals surface area contributed by atoms with Gasteiger partial charge in [0.1, 0.15) is 24.2 Å². The molecule has 2 rings (SSSR count). The third-order valence-electron chi connectivity index (χ3n) is 3.13. The van der Waals surface area contributed by atoms with Crippen LogP contribution in [0.1, 0.15) is 12.5 Å². The molecule has 0 amide bonds. The zero-order valence-corrected chi connectivity index (χ0v) is 13.8. The van der Waals surface area contributed by atoms with Crippen LogP contribution in [0.4, 0.5) is 5.69 Å². The van der Waals surface area contributed by atoms with Gasteiger partial charge in [0.2, 0.25) is 5.71 Å². The maximum Gasteiger partial charge on any atom is 0.201 e. The van der Waals surface area contributed by atoms with Gasteiger partial charge in [-0.05, 0) is 48.9 Å². The minimum Gasteiger partial charge on any atom is -0.494 e. The molecule has 0 unspecified atom stereocenters. The predicted molar refractivity (Wildman–Crippen MR) is 97.0 cm³/mol. The van der Waals surface area contributed by atoms with Gasteiger partial charge in [0.05, 0.1) is 12.3 Å². The minimum atomic E-state index is -0.384. The van der Waals surface area contributed by atoms with Crippen molar-refractivity contribution in [3.05, 3.63) is 54.1 Å². The Balaban J connectivity index is 1.97. The fraction of sp³-hybridized carbons (Fsp3) is 0.167. The summed E-state index contributed by atoms with van der Waals surface area (Å²) in [4.78, 5) is 0. The smallest absolute Gasteiger partial charge is 0.201 e. The number of rotatable bonds is 8. The number of benzene rings is 2. The van der Waals surface area contributed by atoms with Crippen LogP contribution in [0.3, 0.4) is 0 Å².